The quantitative estimate of drug-likeness (QED) is 0.735. The highest BCUT2D eigenvalue weighted by atomic mass is 16.2. The number of hydrogen-bond donors (Lipinski definition) is 0. The number of rotatable bonds is 2. The van der Waals surface area contributed by atoms with E-state index in [-0.39, 0.29) is 17.2 Å². The van der Waals surface area contributed by atoms with Crippen LogP contribution < -0.4 is 0 Å². The van der Waals surface area contributed by atoms with E-state index < -0.39 is 0 Å². The van der Waals surface area contributed by atoms with Gasteiger partial charge in [0.25, 0.3) is 0 Å². The van der Waals surface area contributed by atoms with Gasteiger partial charge in [0.2, 0.25) is 11.8 Å². The van der Waals surface area contributed by atoms with Gasteiger partial charge in [0.1, 0.15) is 0 Å². The van der Waals surface area contributed by atoms with E-state index in [1.165, 1.54) is 12.8 Å². The van der Waals surface area contributed by atoms with Crippen molar-refractivity contribution < 1.29 is 9.59 Å². The van der Waals surface area contributed by atoms with Crippen LogP contribution in [0, 0.1) is 11.3 Å². The van der Waals surface area contributed by atoms with Crippen LogP contribution in [-0.2, 0) is 9.59 Å². The average Bonchev–Trinajstić information content (AvgIpc) is 3.13. The molecule has 1 saturated carbocycles. The lowest BCUT2D eigenvalue weighted by Gasteiger charge is -2.33. The molecule has 0 aromatic carbocycles. The first-order valence-electron chi connectivity index (χ1n) is 7.69. The third-order valence-corrected chi connectivity index (χ3v) is 4.95. The lowest BCUT2D eigenvalue weighted by Crippen LogP contribution is -2.44. The van der Waals surface area contributed by atoms with E-state index in [1.54, 1.807) is 6.92 Å². The summed E-state index contributed by atoms with van der Waals surface area (Å²) in [7, 11) is 1.88. The summed E-state index contributed by atoms with van der Waals surface area (Å²) >= 11 is 0. The van der Waals surface area contributed by atoms with Crippen LogP contribution in [0.25, 0.3) is 0 Å². The molecule has 2 amide bonds. The molecule has 0 bridgehead atoms. The molecule has 3 aliphatic rings. The van der Waals surface area contributed by atoms with Crippen LogP contribution in [0.15, 0.2) is 0 Å². The first kappa shape index (κ1) is 13.9. The molecule has 0 radical (unpaired) electrons. The Kier molecular flexibility index (Phi) is 3.48. The lowest BCUT2D eigenvalue weighted by atomic mass is 9.86. The van der Waals surface area contributed by atoms with Crippen LogP contribution in [0.4, 0.5) is 0 Å². The van der Waals surface area contributed by atoms with Crippen LogP contribution in [0.5, 0.6) is 0 Å². The second kappa shape index (κ2) is 5.02. The van der Waals surface area contributed by atoms with Gasteiger partial charge in [-0.25, -0.2) is 0 Å². The Labute approximate surface area is 120 Å². The van der Waals surface area contributed by atoms with E-state index in [0.29, 0.717) is 6.42 Å². The Hall–Kier alpha value is -1.10. The second-order valence-corrected chi connectivity index (χ2v) is 7.05. The Morgan fingerprint density at radius 1 is 1.25 bits per heavy atom. The highest BCUT2D eigenvalue weighted by Gasteiger charge is 2.46. The van der Waals surface area contributed by atoms with Gasteiger partial charge in [-0.15, -0.1) is 0 Å². The first-order valence-corrected chi connectivity index (χ1v) is 7.69. The van der Waals surface area contributed by atoms with Gasteiger partial charge in [0.05, 0.1) is 0 Å². The van der Waals surface area contributed by atoms with E-state index in [1.807, 2.05) is 16.8 Å². The minimum absolute atomic E-state index is 0.0527. The van der Waals surface area contributed by atoms with Gasteiger partial charge in [-0.2, -0.15) is 0 Å². The van der Waals surface area contributed by atoms with Crippen LogP contribution in [0.2, 0.25) is 0 Å². The molecule has 3 rings (SSSR count). The zero-order valence-corrected chi connectivity index (χ0v) is 12.6. The fraction of sp³-hybridized carbons (Fsp3) is 0.867. The first-order chi connectivity index (χ1) is 9.47. The molecule has 3 fully saturated rings. The van der Waals surface area contributed by atoms with E-state index in [4.69, 9.17) is 0 Å². The van der Waals surface area contributed by atoms with Crippen molar-refractivity contribution in [3.63, 3.8) is 0 Å². The molecule has 0 N–H and O–H groups in total. The van der Waals surface area contributed by atoms with Crippen molar-refractivity contribution in [2.24, 2.45) is 11.3 Å². The number of nitrogens with zero attached hydrogens (tertiary/aromatic N) is 3. The Morgan fingerprint density at radius 3 is 2.55 bits per heavy atom. The maximum absolute atomic E-state index is 12.0. The molecular formula is C15H25N3O2. The van der Waals surface area contributed by atoms with Gasteiger partial charge in [-0.05, 0) is 18.8 Å². The predicted octanol–water partition coefficient (Wildman–Crippen LogP) is 0.409. The van der Waals surface area contributed by atoms with E-state index in [9.17, 15) is 9.59 Å². The summed E-state index contributed by atoms with van der Waals surface area (Å²) in [4.78, 5) is 30.1. The summed E-state index contributed by atoms with van der Waals surface area (Å²) in [6.45, 7) is 7.04. The third-order valence-electron chi connectivity index (χ3n) is 4.95. The monoisotopic (exact) mass is 279 g/mol. The van der Waals surface area contributed by atoms with Crippen molar-refractivity contribution in [2.45, 2.75) is 26.2 Å². The summed E-state index contributed by atoms with van der Waals surface area (Å²) in [5, 5.41) is 0. The van der Waals surface area contributed by atoms with Crippen molar-refractivity contribution in [3.8, 4) is 0 Å². The van der Waals surface area contributed by atoms with Gasteiger partial charge in [-0.3, -0.25) is 9.59 Å². The van der Waals surface area contributed by atoms with Crippen LogP contribution >= 0.6 is 0 Å². The van der Waals surface area contributed by atoms with E-state index in [2.05, 4.69) is 4.90 Å². The fourth-order valence-electron chi connectivity index (χ4n) is 3.75. The summed E-state index contributed by atoms with van der Waals surface area (Å²) in [6.07, 6.45) is 3.28. The molecule has 1 atom stereocenters. The van der Waals surface area contributed by atoms with Crippen LogP contribution in [0.1, 0.15) is 26.2 Å². The molecule has 20 heavy (non-hydrogen) atoms. The molecule has 2 heterocycles. The number of carbonyl (C=O) groups is 2. The molecule has 1 spiro atoms. The van der Waals surface area contributed by atoms with Crippen molar-refractivity contribution in [2.75, 3.05) is 46.3 Å². The summed E-state index contributed by atoms with van der Waals surface area (Å²) in [6, 6.07) is 0. The van der Waals surface area contributed by atoms with Crippen molar-refractivity contribution in [1.82, 2.24) is 14.7 Å². The highest BCUT2D eigenvalue weighted by Crippen LogP contribution is 2.36. The molecular weight excluding hydrogens is 254 g/mol. The molecule has 112 valence electrons. The lowest BCUT2D eigenvalue weighted by molar-refractivity contribution is -0.130. The van der Waals surface area contributed by atoms with E-state index in [0.717, 1.165) is 45.2 Å². The van der Waals surface area contributed by atoms with Crippen molar-refractivity contribution in [1.29, 1.82) is 0 Å². The summed E-state index contributed by atoms with van der Waals surface area (Å²) < 4.78 is 0. The molecule has 0 aromatic heterocycles. The van der Waals surface area contributed by atoms with Gasteiger partial charge in [0.15, 0.2) is 0 Å². The number of amides is 2. The average molecular weight is 279 g/mol. The maximum atomic E-state index is 12.0. The van der Waals surface area contributed by atoms with Gasteiger partial charge in [-0.1, -0.05) is 0 Å². The minimum atomic E-state index is -0.0527. The summed E-state index contributed by atoms with van der Waals surface area (Å²) in [5.74, 6) is 1.21. The van der Waals surface area contributed by atoms with Crippen molar-refractivity contribution in [3.05, 3.63) is 0 Å². The molecule has 1 aliphatic carbocycles. The van der Waals surface area contributed by atoms with Gasteiger partial charge in [0, 0.05) is 65.1 Å². The molecule has 2 saturated heterocycles. The van der Waals surface area contributed by atoms with Crippen LogP contribution in [-0.4, -0.2) is 72.8 Å². The van der Waals surface area contributed by atoms with Crippen molar-refractivity contribution >= 4 is 11.8 Å². The molecule has 5 nitrogen and oxygen atoms in total. The highest BCUT2D eigenvalue weighted by molar-refractivity contribution is 5.79. The number of hydrogen-bond acceptors (Lipinski definition) is 3. The molecule has 5 heteroatoms. The molecule has 2 aliphatic heterocycles. The van der Waals surface area contributed by atoms with Gasteiger partial charge >= 0.3 is 0 Å². The normalized spacial score (nSPS) is 32.0. The van der Waals surface area contributed by atoms with E-state index >= 15 is 0 Å². The zero-order chi connectivity index (χ0) is 14.3. The predicted molar refractivity (Wildman–Crippen MR) is 76.1 cm³/mol. The topological polar surface area (TPSA) is 43.9 Å². The third kappa shape index (κ3) is 2.82. The molecule has 0 unspecified atom stereocenters. The summed E-state index contributed by atoms with van der Waals surface area (Å²) in [5.41, 5.74) is -0.0527. The Bertz CT molecular complexity index is 421. The minimum Gasteiger partial charge on any atom is -0.345 e. The Balaban J connectivity index is 1.77. The second-order valence-electron chi connectivity index (χ2n) is 7.05. The molecule has 0 aromatic rings. The standard InChI is InChI=1S/C15H25N3O2/c1-12(19)18-6-5-17(8-13-3-4-13)10-15(11-18)7-14(20)16(2)9-15/h13H,3-11H2,1-2H3/t15-/m0/s1. The SMILES string of the molecule is CC(=O)N1CCN(CC2CC2)C[C@@]2(CC(=O)N(C)C2)C1. The number of carbonyl (C=O) groups excluding carboxylic acids is 2. The number of likely N-dealkylation sites (tertiary alicyclic amines) is 1. The van der Waals surface area contributed by atoms with Gasteiger partial charge < -0.3 is 14.7 Å². The Morgan fingerprint density at radius 2 is 2.00 bits per heavy atom. The largest absolute Gasteiger partial charge is 0.345 e. The van der Waals surface area contributed by atoms with Crippen LogP contribution in [0.3, 0.4) is 0 Å². The maximum Gasteiger partial charge on any atom is 0.223 e. The fourth-order valence-corrected chi connectivity index (χ4v) is 3.75. The zero-order valence-electron chi connectivity index (χ0n) is 12.6. The smallest absolute Gasteiger partial charge is 0.223 e.